The number of rotatable bonds is 3. The van der Waals surface area contributed by atoms with E-state index in [4.69, 9.17) is 0 Å². The zero-order valence-corrected chi connectivity index (χ0v) is 10.6. The maximum atomic E-state index is 9.34. The van der Waals surface area contributed by atoms with Crippen LogP contribution in [-0.2, 0) is 6.54 Å². The van der Waals surface area contributed by atoms with Crippen LogP contribution in [0.1, 0.15) is 18.4 Å². The van der Waals surface area contributed by atoms with Crippen LogP contribution >= 0.6 is 11.3 Å². The third kappa shape index (κ3) is 2.10. The number of aliphatic hydroxyl groups excluding tert-OH is 1. The lowest BCUT2D eigenvalue weighted by atomic mass is 10.1. The Morgan fingerprint density at radius 1 is 1.35 bits per heavy atom. The van der Waals surface area contributed by atoms with Gasteiger partial charge in [0.2, 0.25) is 0 Å². The predicted octanol–water partition coefficient (Wildman–Crippen LogP) is 2.86. The summed E-state index contributed by atoms with van der Waals surface area (Å²) < 4.78 is 1.36. The fourth-order valence-electron chi connectivity index (χ4n) is 2.68. The molecule has 1 saturated heterocycles. The number of nitrogens with zero attached hydrogens (tertiary/aromatic N) is 1. The Hall–Kier alpha value is -0.900. The number of benzene rings is 1. The molecule has 1 aliphatic heterocycles. The van der Waals surface area contributed by atoms with Gasteiger partial charge in [0.15, 0.2) is 0 Å². The lowest BCUT2D eigenvalue weighted by Crippen LogP contribution is -2.31. The summed E-state index contributed by atoms with van der Waals surface area (Å²) >= 11 is 1.82. The second-order valence-corrected chi connectivity index (χ2v) is 5.62. The Bertz CT molecular complexity index is 508. The van der Waals surface area contributed by atoms with Crippen molar-refractivity contribution in [2.75, 3.05) is 13.2 Å². The van der Waals surface area contributed by atoms with Crippen molar-refractivity contribution in [2.24, 2.45) is 0 Å². The summed E-state index contributed by atoms with van der Waals surface area (Å²) in [6.07, 6.45) is 2.35. The SMILES string of the molecule is OC[C@@H]1CCCN1Cc1csc2ccccc12. The molecule has 3 rings (SSSR count). The summed E-state index contributed by atoms with van der Waals surface area (Å²) in [4.78, 5) is 2.41. The first-order chi connectivity index (χ1) is 8.38. The number of hydrogen-bond acceptors (Lipinski definition) is 3. The molecule has 3 heteroatoms. The maximum Gasteiger partial charge on any atom is 0.0587 e. The number of thiophene rings is 1. The molecule has 0 unspecified atom stereocenters. The highest BCUT2D eigenvalue weighted by Gasteiger charge is 2.24. The molecule has 90 valence electrons. The van der Waals surface area contributed by atoms with Gasteiger partial charge in [-0.1, -0.05) is 18.2 Å². The number of fused-ring (bicyclic) bond motifs is 1. The average Bonchev–Trinajstić information content (AvgIpc) is 2.97. The van der Waals surface area contributed by atoms with Gasteiger partial charge in [-0.3, -0.25) is 4.90 Å². The molecule has 1 fully saturated rings. The van der Waals surface area contributed by atoms with E-state index in [1.165, 1.54) is 22.1 Å². The smallest absolute Gasteiger partial charge is 0.0587 e. The quantitative estimate of drug-likeness (QED) is 0.901. The van der Waals surface area contributed by atoms with Gasteiger partial charge in [0.05, 0.1) is 6.61 Å². The van der Waals surface area contributed by atoms with E-state index < -0.39 is 0 Å². The molecule has 0 bridgehead atoms. The van der Waals surface area contributed by atoms with Crippen molar-refractivity contribution in [3.63, 3.8) is 0 Å². The fourth-order valence-corrected chi connectivity index (χ4v) is 3.64. The molecule has 1 N–H and O–H groups in total. The van der Waals surface area contributed by atoms with E-state index in [2.05, 4.69) is 34.5 Å². The van der Waals surface area contributed by atoms with Crippen molar-refractivity contribution < 1.29 is 5.11 Å². The van der Waals surface area contributed by atoms with E-state index in [1.807, 2.05) is 11.3 Å². The standard InChI is InChI=1S/C14H17NOS/c16-9-12-4-3-7-15(12)8-11-10-17-14-6-2-1-5-13(11)14/h1-2,5-6,10,12,16H,3-4,7-9H2/t12-/m0/s1. The van der Waals surface area contributed by atoms with E-state index >= 15 is 0 Å². The van der Waals surface area contributed by atoms with Crippen molar-refractivity contribution in [2.45, 2.75) is 25.4 Å². The maximum absolute atomic E-state index is 9.34. The molecule has 2 aromatic rings. The van der Waals surface area contributed by atoms with Gasteiger partial charge in [0.1, 0.15) is 0 Å². The Labute approximate surface area is 105 Å². The van der Waals surface area contributed by atoms with Gasteiger partial charge >= 0.3 is 0 Å². The zero-order chi connectivity index (χ0) is 11.7. The highest BCUT2D eigenvalue weighted by atomic mass is 32.1. The van der Waals surface area contributed by atoms with Gasteiger partial charge in [-0.25, -0.2) is 0 Å². The monoisotopic (exact) mass is 247 g/mol. The van der Waals surface area contributed by atoms with E-state index in [0.717, 1.165) is 19.5 Å². The second-order valence-electron chi connectivity index (χ2n) is 4.71. The van der Waals surface area contributed by atoms with Gasteiger partial charge in [-0.2, -0.15) is 0 Å². The Kier molecular flexibility index (Phi) is 3.14. The summed E-state index contributed by atoms with van der Waals surface area (Å²) in [7, 11) is 0. The van der Waals surface area contributed by atoms with Crippen molar-refractivity contribution >= 4 is 21.4 Å². The van der Waals surface area contributed by atoms with Crippen LogP contribution < -0.4 is 0 Å². The number of hydrogen-bond donors (Lipinski definition) is 1. The minimum absolute atomic E-state index is 0.294. The van der Waals surface area contributed by atoms with Crippen LogP contribution in [0.25, 0.3) is 10.1 Å². The Morgan fingerprint density at radius 3 is 3.12 bits per heavy atom. The van der Waals surface area contributed by atoms with Gasteiger partial charge in [-0.05, 0) is 41.8 Å². The van der Waals surface area contributed by atoms with Crippen LogP contribution in [-0.4, -0.2) is 29.2 Å². The second kappa shape index (κ2) is 4.77. The molecule has 1 aromatic heterocycles. The highest BCUT2D eigenvalue weighted by Crippen LogP contribution is 2.28. The molecule has 2 nitrogen and oxygen atoms in total. The number of likely N-dealkylation sites (tertiary alicyclic amines) is 1. The van der Waals surface area contributed by atoms with E-state index in [9.17, 15) is 5.11 Å². The zero-order valence-electron chi connectivity index (χ0n) is 9.80. The number of aliphatic hydroxyl groups is 1. The summed E-state index contributed by atoms with van der Waals surface area (Å²) in [5.74, 6) is 0. The Morgan fingerprint density at radius 2 is 2.24 bits per heavy atom. The summed E-state index contributed by atoms with van der Waals surface area (Å²) in [5.41, 5.74) is 1.41. The van der Waals surface area contributed by atoms with Crippen LogP contribution in [0.3, 0.4) is 0 Å². The minimum atomic E-state index is 0.294. The van der Waals surface area contributed by atoms with E-state index in [1.54, 1.807) is 0 Å². The average molecular weight is 247 g/mol. The van der Waals surface area contributed by atoms with Crippen molar-refractivity contribution in [1.29, 1.82) is 0 Å². The molecule has 17 heavy (non-hydrogen) atoms. The third-order valence-electron chi connectivity index (χ3n) is 3.64. The first-order valence-electron chi connectivity index (χ1n) is 6.18. The molecule has 1 atom stereocenters. The van der Waals surface area contributed by atoms with Crippen molar-refractivity contribution in [1.82, 2.24) is 4.90 Å². The van der Waals surface area contributed by atoms with Gasteiger partial charge < -0.3 is 5.11 Å². The molecular weight excluding hydrogens is 230 g/mol. The predicted molar refractivity (Wildman–Crippen MR) is 72.3 cm³/mol. The van der Waals surface area contributed by atoms with Crippen LogP contribution in [0.15, 0.2) is 29.6 Å². The van der Waals surface area contributed by atoms with Crippen molar-refractivity contribution in [3.05, 3.63) is 35.2 Å². The largest absolute Gasteiger partial charge is 0.395 e. The third-order valence-corrected chi connectivity index (χ3v) is 4.66. The molecule has 0 saturated carbocycles. The summed E-state index contributed by atoms with van der Waals surface area (Å²) in [6, 6.07) is 8.94. The van der Waals surface area contributed by atoms with Crippen LogP contribution in [0.5, 0.6) is 0 Å². The molecule has 0 amide bonds. The topological polar surface area (TPSA) is 23.5 Å². The first-order valence-corrected chi connectivity index (χ1v) is 7.06. The van der Waals surface area contributed by atoms with E-state index in [0.29, 0.717) is 12.6 Å². The summed E-state index contributed by atoms with van der Waals surface area (Å²) in [6.45, 7) is 2.40. The lowest BCUT2D eigenvalue weighted by Gasteiger charge is -2.22. The summed E-state index contributed by atoms with van der Waals surface area (Å²) in [5, 5.41) is 13.0. The van der Waals surface area contributed by atoms with Gasteiger partial charge in [0.25, 0.3) is 0 Å². The van der Waals surface area contributed by atoms with Crippen LogP contribution in [0.2, 0.25) is 0 Å². The van der Waals surface area contributed by atoms with Crippen molar-refractivity contribution in [3.8, 4) is 0 Å². The molecule has 0 radical (unpaired) electrons. The van der Waals surface area contributed by atoms with E-state index in [-0.39, 0.29) is 0 Å². The molecule has 0 aliphatic carbocycles. The lowest BCUT2D eigenvalue weighted by molar-refractivity contribution is 0.154. The molecular formula is C14H17NOS. The Balaban J connectivity index is 1.85. The van der Waals surface area contributed by atoms with Crippen LogP contribution in [0, 0.1) is 0 Å². The fraction of sp³-hybridized carbons (Fsp3) is 0.429. The molecule has 1 aromatic carbocycles. The molecule has 2 heterocycles. The first kappa shape index (κ1) is 11.2. The minimum Gasteiger partial charge on any atom is -0.395 e. The van der Waals surface area contributed by atoms with Gasteiger partial charge in [-0.15, -0.1) is 11.3 Å². The molecule has 1 aliphatic rings. The van der Waals surface area contributed by atoms with Gasteiger partial charge in [0, 0.05) is 17.3 Å². The highest BCUT2D eigenvalue weighted by molar-refractivity contribution is 7.17. The molecule has 0 spiro atoms. The normalized spacial score (nSPS) is 21.4. The van der Waals surface area contributed by atoms with Crippen LogP contribution in [0.4, 0.5) is 0 Å².